The number of amides is 1. The van der Waals surface area contributed by atoms with E-state index in [0.29, 0.717) is 29.0 Å². The van der Waals surface area contributed by atoms with Crippen molar-refractivity contribution in [1.29, 1.82) is 0 Å². The Hall–Kier alpha value is -3.31. The molecule has 0 aromatic heterocycles. The van der Waals surface area contributed by atoms with Gasteiger partial charge in [-0.1, -0.05) is 18.2 Å². The third-order valence-corrected chi connectivity index (χ3v) is 6.63. The third-order valence-electron chi connectivity index (χ3n) is 4.88. The van der Waals surface area contributed by atoms with E-state index >= 15 is 0 Å². The molecule has 3 aromatic rings. The van der Waals surface area contributed by atoms with Gasteiger partial charge in [0.25, 0.3) is 5.91 Å². The fourth-order valence-corrected chi connectivity index (χ4v) is 4.70. The first kappa shape index (κ1) is 24.8. The van der Waals surface area contributed by atoms with Gasteiger partial charge < -0.3 is 19.9 Å². The zero-order chi connectivity index (χ0) is 24.8. The summed E-state index contributed by atoms with van der Waals surface area (Å²) in [4.78, 5) is 28.5. The number of rotatable bonds is 8. The molecular weight excluding hydrogens is 579 g/mol. The van der Waals surface area contributed by atoms with E-state index in [4.69, 9.17) is 14.6 Å². The van der Waals surface area contributed by atoms with Crippen LogP contribution in [-0.2, 0) is 11.4 Å². The molecule has 178 valence electrons. The fourth-order valence-electron chi connectivity index (χ4n) is 3.16. The highest BCUT2D eigenvalue weighted by Crippen LogP contribution is 2.30. The van der Waals surface area contributed by atoms with Crippen LogP contribution in [0.1, 0.15) is 28.4 Å². The number of hydrogen-bond acceptors (Lipinski definition) is 6. The molecule has 35 heavy (non-hydrogen) atoms. The van der Waals surface area contributed by atoms with Crippen molar-refractivity contribution in [3.05, 3.63) is 91.9 Å². The number of carbonyl (C=O) groups excluding carboxylic acids is 1. The van der Waals surface area contributed by atoms with Crippen molar-refractivity contribution in [2.75, 3.05) is 6.61 Å². The van der Waals surface area contributed by atoms with Crippen LogP contribution in [0.25, 0.3) is 6.08 Å². The second-order valence-corrected chi connectivity index (χ2v) is 9.58. The van der Waals surface area contributed by atoms with E-state index in [2.05, 4.69) is 32.9 Å². The summed E-state index contributed by atoms with van der Waals surface area (Å²) in [6, 6.07) is 19.6. The number of aromatic carboxylic acids is 1. The lowest BCUT2D eigenvalue weighted by Gasteiger charge is -2.09. The first-order chi connectivity index (χ1) is 16.9. The molecule has 1 amide bonds. The molecule has 2 N–H and O–H groups in total. The number of halogens is 1. The predicted octanol–water partition coefficient (Wildman–Crippen LogP) is 5.86. The third kappa shape index (κ3) is 6.64. The average Bonchev–Trinajstić information content (AvgIpc) is 3.18. The number of carboxylic acids is 1. The van der Waals surface area contributed by atoms with E-state index in [0.717, 1.165) is 26.1 Å². The summed E-state index contributed by atoms with van der Waals surface area (Å²) < 4.78 is 12.2. The number of amidine groups is 1. The van der Waals surface area contributed by atoms with Crippen molar-refractivity contribution in [1.82, 2.24) is 5.32 Å². The van der Waals surface area contributed by atoms with Gasteiger partial charge in [-0.05, 0) is 107 Å². The van der Waals surface area contributed by atoms with Crippen LogP contribution >= 0.6 is 34.4 Å². The van der Waals surface area contributed by atoms with Crippen LogP contribution in [0.5, 0.6) is 11.5 Å². The molecule has 0 aliphatic carbocycles. The van der Waals surface area contributed by atoms with Gasteiger partial charge in [-0.3, -0.25) is 4.79 Å². The minimum atomic E-state index is -0.958. The van der Waals surface area contributed by atoms with Crippen LogP contribution in [-0.4, -0.2) is 28.8 Å². The monoisotopic (exact) mass is 600 g/mol. The Labute approximate surface area is 220 Å². The molecule has 3 aromatic carbocycles. The maximum atomic E-state index is 12.4. The number of thioether (sulfide) groups is 1. The minimum Gasteiger partial charge on any atom is -0.494 e. The Kier molecular flexibility index (Phi) is 8.09. The van der Waals surface area contributed by atoms with E-state index in [-0.39, 0.29) is 11.5 Å². The second kappa shape index (κ2) is 11.4. The Balaban J connectivity index is 1.40. The topological polar surface area (TPSA) is 97.2 Å². The van der Waals surface area contributed by atoms with E-state index < -0.39 is 5.97 Å². The number of aliphatic imine (C=N–C) groups is 1. The predicted molar refractivity (Wildman–Crippen MR) is 145 cm³/mol. The molecule has 7 nitrogen and oxygen atoms in total. The molecule has 9 heteroatoms. The van der Waals surface area contributed by atoms with Crippen molar-refractivity contribution in [3.8, 4) is 11.5 Å². The lowest BCUT2D eigenvalue weighted by molar-refractivity contribution is -0.115. The molecule has 0 spiro atoms. The molecule has 1 saturated heterocycles. The fraction of sp³-hybridized carbons (Fsp3) is 0.115. The quantitative estimate of drug-likeness (QED) is 0.249. The molecule has 0 unspecified atom stereocenters. The SMILES string of the molecule is CCOc1ccc(N=C2NC(=O)/C(=C/c3ccc(OCc4ccc(C(=O)O)cc4)c(I)c3)S2)cc1. The normalized spacial score (nSPS) is 15.3. The molecule has 1 fully saturated rings. The largest absolute Gasteiger partial charge is 0.494 e. The number of nitrogens with one attached hydrogen (secondary N) is 1. The molecule has 0 saturated carbocycles. The second-order valence-electron chi connectivity index (χ2n) is 7.39. The van der Waals surface area contributed by atoms with E-state index in [1.807, 2.05) is 55.5 Å². The molecule has 0 radical (unpaired) electrons. The summed E-state index contributed by atoms with van der Waals surface area (Å²) in [6.45, 7) is 2.85. The van der Waals surface area contributed by atoms with Gasteiger partial charge in [-0.25, -0.2) is 9.79 Å². The van der Waals surface area contributed by atoms with Gasteiger partial charge >= 0.3 is 5.97 Å². The van der Waals surface area contributed by atoms with Gasteiger partial charge in [0.2, 0.25) is 0 Å². The first-order valence-corrected chi connectivity index (χ1v) is 12.6. The number of benzene rings is 3. The highest BCUT2D eigenvalue weighted by atomic mass is 127. The summed E-state index contributed by atoms with van der Waals surface area (Å²) in [5.74, 6) is 0.329. The Bertz CT molecular complexity index is 1300. The number of hydrogen-bond donors (Lipinski definition) is 2. The molecule has 1 aliphatic rings. The lowest BCUT2D eigenvalue weighted by Crippen LogP contribution is -2.19. The smallest absolute Gasteiger partial charge is 0.335 e. The van der Waals surface area contributed by atoms with Crippen molar-refractivity contribution in [3.63, 3.8) is 0 Å². The van der Waals surface area contributed by atoms with Crippen molar-refractivity contribution in [2.45, 2.75) is 13.5 Å². The summed E-state index contributed by atoms with van der Waals surface area (Å²) in [5.41, 5.74) is 2.70. The van der Waals surface area contributed by atoms with Crippen LogP contribution in [0.2, 0.25) is 0 Å². The standard InChI is InChI=1S/C26H21IN2O5S/c1-2-33-20-10-8-19(9-11-20)28-26-29-24(30)23(35-26)14-17-5-12-22(21(27)13-17)34-15-16-3-6-18(7-4-16)25(31)32/h3-14H,2,15H2,1H3,(H,31,32)(H,28,29,30)/b23-14-. The van der Waals surface area contributed by atoms with Gasteiger partial charge in [-0.15, -0.1) is 0 Å². The van der Waals surface area contributed by atoms with Gasteiger partial charge in [-0.2, -0.15) is 0 Å². The lowest BCUT2D eigenvalue weighted by atomic mass is 10.1. The first-order valence-electron chi connectivity index (χ1n) is 10.7. The summed E-state index contributed by atoms with van der Waals surface area (Å²) in [5, 5.41) is 12.3. The summed E-state index contributed by atoms with van der Waals surface area (Å²) in [6.07, 6.45) is 1.82. The molecule has 0 bridgehead atoms. The van der Waals surface area contributed by atoms with Crippen molar-refractivity contribution < 1.29 is 24.2 Å². The van der Waals surface area contributed by atoms with E-state index in [1.165, 1.54) is 11.8 Å². The summed E-state index contributed by atoms with van der Waals surface area (Å²) in [7, 11) is 0. The van der Waals surface area contributed by atoms with E-state index in [9.17, 15) is 9.59 Å². The zero-order valence-corrected chi connectivity index (χ0v) is 21.6. The molecule has 0 atom stereocenters. The van der Waals surface area contributed by atoms with Gasteiger partial charge in [0.1, 0.15) is 18.1 Å². The number of carbonyl (C=O) groups is 2. The number of nitrogens with zero attached hydrogens (tertiary/aromatic N) is 1. The maximum absolute atomic E-state index is 12.4. The average molecular weight is 600 g/mol. The highest BCUT2D eigenvalue weighted by molar-refractivity contribution is 14.1. The highest BCUT2D eigenvalue weighted by Gasteiger charge is 2.24. The van der Waals surface area contributed by atoms with Gasteiger partial charge in [0.05, 0.1) is 26.3 Å². The van der Waals surface area contributed by atoms with Crippen LogP contribution < -0.4 is 14.8 Å². The number of ether oxygens (including phenoxy) is 2. The molecule has 1 aliphatic heterocycles. The van der Waals surface area contributed by atoms with Crippen LogP contribution in [0.4, 0.5) is 5.69 Å². The Morgan fingerprint density at radius 3 is 2.49 bits per heavy atom. The zero-order valence-electron chi connectivity index (χ0n) is 18.7. The summed E-state index contributed by atoms with van der Waals surface area (Å²) >= 11 is 3.48. The molecular formula is C26H21IN2O5S. The van der Waals surface area contributed by atoms with Crippen molar-refractivity contribution >= 4 is 63.2 Å². The van der Waals surface area contributed by atoms with Crippen LogP contribution in [0.3, 0.4) is 0 Å². The van der Waals surface area contributed by atoms with Crippen LogP contribution in [0, 0.1) is 3.57 Å². The minimum absolute atomic E-state index is 0.195. The number of carboxylic acid groups (broad SMARTS) is 1. The van der Waals surface area contributed by atoms with Gasteiger partial charge in [0.15, 0.2) is 5.17 Å². The Morgan fingerprint density at radius 1 is 1.09 bits per heavy atom. The van der Waals surface area contributed by atoms with Gasteiger partial charge in [0, 0.05) is 0 Å². The maximum Gasteiger partial charge on any atom is 0.335 e. The van der Waals surface area contributed by atoms with Crippen molar-refractivity contribution in [2.24, 2.45) is 4.99 Å². The molecule has 1 heterocycles. The molecule has 4 rings (SSSR count). The Morgan fingerprint density at radius 2 is 1.83 bits per heavy atom. The van der Waals surface area contributed by atoms with E-state index in [1.54, 1.807) is 24.3 Å². The van der Waals surface area contributed by atoms with Crippen LogP contribution in [0.15, 0.2) is 76.6 Å².